The van der Waals surface area contributed by atoms with Gasteiger partial charge in [-0.3, -0.25) is 0 Å². The molecule has 0 amide bonds. The molecule has 4 nitrogen and oxygen atoms in total. The van der Waals surface area contributed by atoms with Crippen LogP contribution in [0.1, 0.15) is 44.9 Å². The molecule has 1 aliphatic carbocycles. The molecule has 0 atom stereocenters. The zero-order valence-corrected chi connectivity index (χ0v) is 10.9. The number of nitrogens with one attached hydrogen (secondary N) is 1. The van der Waals surface area contributed by atoms with Crippen LogP contribution >= 0.6 is 0 Å². The van der Waals surface area contributed by atoms with Crippen LogP contribution in [0.3, 0.4) is 0 Å². The van der Waals surface area contributed by atoms with Crippen LogP contribution in [-0.2, 0) is 0 Å². The summed E-state index contributed by atoms with van der Waals surface area (Å²) in [5.41, 5.74) is 0. The molecule has 17 heavy (non-hydrogen) atoms. The molecule has 1 aromatic rings. The van der Waals surface area contributed by atoms with Crippen molar-refractivity contribution in [2.45, 2.75) is 39.0 Å². The van der Waals surface area contributed by atoms with Crippen molar-refractivity contribution >= 4 is 5.82 Å². The van der Waals surface area contributed by atoms with Gasteiger partial charge in [0.05, 0.1) is 7.11 Å². The van der Waals surface area contributed by atoms with Gasteiger partial charge in [-0.15, -0.1) is 0 Å². The van der Waals surface area contributed by atoms with E-state index in [0.29, 0.717) is 17.7 Å². The van der Waals surface area contributed by atoms with Crippen LogP contribution in [0, 0.1) is 5.92 Å². The Balaban J connectivity index is 2.01. The van der Waals surface area contributed by atoms with Gasteiger partial charge < -0.3 is 10.1 Å². The third-order valence-electron chi connectivity index (χ3n) is 2.90. The van der Waals surface area contributed by atoms with Crippen molar-refractivity contribution < 1.29 is 4.74 Å². The van der Waals surface area contributed by atoms with E-state index in [9.17, 15) is 0 Å². The fourth-order valence-electron chi connectivity index (χ4n) is 1.65. The van der Waals surface area contributed by atoms with E-state index in [1.807, 2.05) is 6.07 Å². The van der Waals surface area contributed by atoms with E-state index in [0.717, 1.165) is 24.6 Å². The van der Waals surface area contributed by atoms with Gasteiger partial charge in [0.1, 0.15) is 11.6 Å². The molecule has 4 heteroatoms. The number of methoxy groups -OCH3 is 1. The first-order valence-corrected chi connectivity index (χ1v) is 6.36. The SMILES string of the molecule is COc1cc(NCCC(C)C)nc(C2CC2)n1. The Bertz CT molecular complexity index is 375. The molecule has 1 fully saturated rings. The fourth-order valence-corrected chi connectivity index (χ4v) is 1.65. The van der Waals surface area contributed by atoms with Crippen LogP contribution in [0.15, 0.2) is 6.07 Å². The first-order chi connectivity index (χ1) is 8.19. The first kappa shape index (κ1) is 12.1. The normalized spacial score (nSPS) is 15.1. The third kappa shape index (κ3) is 3.58. The third-order valence-corrected chi connectivity index (χ3v) is 2.90. The van der Waals surface area contributed by atoms with Crippen molar-refractivity contribution in [2.75, 3.05) is 19.0 Å². The van der Waals surface area contributed by atoms with Crippen LogP contribution < -0.4 is 10.1 Å². The minimum absolute atomic E-state index is 0.552. The lowest BCUT2D eigenvalue weighted by molar-refractivity contribution is 0.395. The molecule has 0 radical (unpaired) electrons. The second-order valence-corrected chi connectivity index (χ2v) is 5.04. The van der Waals surface area contributed by atoms with Crippen molar-refractivity contribution in [3.8, 4) is 5.88 Å². The van der Waals surface area contributed by atoms with Gasteiger partial charge in [-0.2, -0.15) is 4.98 Å². The zero-order chi connectivity index (χ0) is 12.3. The largest absolute Gasteiger partial charge is 0.481 e. The monoisotopic (exact) mass is 235 g/mol. The quantitative estimate of drug-likeness (QED) is 0.823. The second kappa shape index (κ2) is 5.34. The van der Waals surface area contributed by atoms with Gasteiger partial charge in [-0.25, -0.2) is 4.98 Å². The lowest BCUT2D eigenvalue weighted by atomic mass is 10.1. The van der Waals surface area contributed by atoms with Gasteiger partial charge in [0, 0.05) is 18.5 Å². The van der Waals surface area contributed by atoms with Gasteiger partial charge in [-0.1, -0.05) is 13.8 Å². The number of nitrogens with zero attached hydrogens (tertiary/aromatic N) is 2. The molecule has 1 N–H and O–H groups in total. The molecule has 94 valence electrons. The summed E-state index contributed by atoms with van der Waals surface area (Å²) in [6.45, 7) is 5.39. The minimum atomic E-state index is 0.552. The lowest BCUT2D eigenvalue weighted by Gasteiger charge is -2.10. The molecular weight excluding hydrogens is 214 g/mol. The summed E-state index contributed by atoms with van der Waals surface area (Å²) in [6.07, 6.45) is 3.56. The number of hydrogen-bond donors (Lipinski definition) is 1. The molecule has 0 saturated heterocycles. The summed E-state index contributed by atoms with van der Waals surface area (Å²) in [6, 6.07) is 1.87. The van der Waals surface area contributed by atoms with E-state index in [-0.39, 0.29) is 0 Å². The van der Waals surface area contributed by atoms with E-state index >= 15 is 0 Å². The summed E-state index contributed by atoms with van der Waals surface area (Å²) >= 11 is 0. The highest BCUT2D eigenvalue weighted by molar-refractivity contribution is 5.39. The molecule has 0 spiro atoms. The average Bonchev–Trinajstić information content (AvgIpc) is 3.12. The smallest absolute Gasteiger partial charge is 0.218 e. The van der Waals surface area contributed by atoms with E-state index in [2.05, 4.69) is 29.1 Å². The fraction of sp³-hybridized carbons (Fsp3) is 0.692. The number of hydrogen-bond acceptors (Lipinski definition) is 4. The van der Waals surface area contributed by atoms with Gasteiger partial charge >= 0.3 is 0 Å². The summed E-state index contributed by atoms with van der Waals surface area (Å²) in [5.74, 6) is 3.73. The van der Waals surface area contributed by atoms with Gasteiger partial charge in [-0.05, 0) is 25.2 Å². The average molecular weight is 235 g/mol. The highest BCUT2D eigenvalue weighted by atomic mass is 16.5. The zero-order valence-electron chi connectivity index (χ0n) is 10.9. The minimum Gasteiger partial charge on any atom is -0.481 e. The molecule has 0 aliphatic heterocycles. The number of aromatic nitrogens is 2. The topological polar surface area (TPSA) is 47.0 Å². The van der Waals surface area contributed by atoms with E-state index < -0.39 is 0 Å². The number of rotatable bonds is 6. The first-order valence-electron chi connectivity index (χ1n) is 6.36. The predicted octanol–water partition coefficient (Wildman–Crippen LogP) is 2.82. The van der Waals surface area contributed by atoms with Crippen LogP contribution in [0.25, 0.3) is 0 Å². The molecule has 1 aliphatic rings. The number of anilines is 1. The predicted molar refractivity (Wildman–Crippen MR) is 68.5 cm³/mol. The van der Waals surface area contributed by atoms with Crippen LogP contribution in [-0.4, -0.2) is 23.6 Å². The van der Waals surface area contributed by atoms with Crippen molar-refractivity contribution in [1.82, 2.24) is 9.97 Å². The van der Waals surface area contributed by atoms with E-state index in [1.54, 1.807) is 7.11 Å². The second-order valence-electron chi connectivity index (χ2n) is 5.04. The van der Waals surface area contributed by atoms with Crippen LogP contribution in [0.5, 0.6) is 5.88 Å². The summed E-state index contributed by atoms with van der Waals surface area (Å²) in [7, 11) is 1.65. The van der Waals surface area contributed by atoms with Crippen LogP contribution in [0.4, 0.5) is 5.82 Å². The Hall–Kier alpha value is -1.32. The summed E-state index contributed by atoms with van der Waals surface area (Å²) < 4.78 is 5.21. The maximum absolute atomic E-state index is 5.21. The Labute approximate surface area is 103 Å². The Kier molecular flexibility index (Phi) is 3.82. The lowest BCUT2D eigenvalue weighted by Crippen LogP contribution is -2.08. The van der Waals surface area contributed by atoms with Crippen molar-refractivity contribution in [2.24, 2.45) is 5.92 Å². The van der Waals surface area contributed by atoms with Crippen LogP contribution in [0.2, 0.25) is 0 Å². The molecule has 0 unspecified atom stereocenters. The van der Waals surface area contributed by atoms with Crippen molar-refractivity contribution in [3.05, 3.63) is 11.9 Å². The molecule has 1 heterocycles. The number of ether oxygens (including phenoxy) is 1. The maximum atomic E-state index is 5.21. The highest BCUT2D eigenvalue weighted by Crippen LogP contribution is 2.39. The molecule has 1 saturated carbocycles. The Morgan fingerprint density at radius 1 is 1.41 bits per heavy atom. The van der Waals surface area contributed by atoms with Crippen molar-refractivity contribution in [1.29, 1.82) is 0 Å². The molecular formula is C13H21N3O. The Morgan fingerprint density at radius 2 is 2.18 bits per heavy atom. The van der Waals surface area contributed by atoms with E-state index in [1.165, 1.54) is 12.8 Å². The standard InChI is InChI=1S/C13H21N3O/c1-9(2)6-7-14-11-8-12(17-3)16-13(15-11)10-4-5-10/h8-10H,4-7H2,1-3H3,(H,14,15,16). The van der Waals surface area contributed by atoms with E-state index in [4.69, 9.17) is 4.74 Å². The molecule has 0 bridgehead atoms. The van der Waals surface area contributed by atoms with Gasteiger partial charge in [0.2, 0.25) is 5.88 Å². The van der Waals surface area contributed by atoms with Crippen molar-refractivity contribution in [3.63, 3.8) is 0 Å². The maximum Gasteiger partial charge on any atom is 0.218 e. The summed E-state index contributed by atoms with van der Waals surface area (Å²) in [5, 5.41) is 3.34. The molecule has 1 aromatic heterocycles. The van der Waals surface area contributed by atoms with Gasteiger partial charge in [0.15, 0.2) is 0 Å². The highest BCUT2D eigenvalue weighted by Gasteiger charge is 2.27. The van der Waals surface area contributed by atoms with Gasteiger partial charge in [0.25, 0.3) is 0 Å². The molecule has 2 rings (SSSR count). The Morgan fingerprint density at radius 3 is 2.76 bits per heavy atom. The molecule has 0 aromatic carbocycles. The summed E-state index contributed by atoms with van der Waals surface area (Å²) in [4.78, 5) is 8.92.